The van der Waals surface area contributed by atoms with Crippen molar-refractivity contribution in [2.75, 3.05) is 18.1 Å². The minimum Gasteiger partial charge on any atom is -0.395 e. The number of aliphatic hydroxyl groups excluding tert-OH is 1. The number of nitrogens with zero attached hydrogens (tertiary/aromatic N) is 2. The smallest absolute Gasteiger partial charge is 0.191 e. The van der Waals surface area contributed by atoms with Gasteiger partial charge in [-0.15, -0.1) is 0 Å². The van der Waals surface area contributed by atoms with Gasteiger partial charge in [-0.3, -0.25) is 0 Å². The first kappa shape index (κ1) is 15.2. The molecule has 1 aromatic heterocycles. The van der Waals surface area contributed by atoms with Gasteiger partial charge >= 0.3 is 0 Å². The summed E-state index contributed by atoms with van der Waals surface area (Å²) in [7, 11) is 0. The van der Waals surface area contributed by atoms with Crippen LogP contribution in [0.5, 0.6) is 0 Å². The molecule has 0 amide bonds. The zero-order valence-electron chi connectivity index (χ0n) is 11.4. The van der Waals surface area contributed by atoms with Crippen LogP contribution in [0.2, 0.25) is 0 Å². The number of nitrogen functional groups attached to an aromatic ring is 2. The van der Waals surface area contributed by atoms with E-state index < -0.39 is 0 Å². The summed E-state index contributed by atoms with van der Waals surface area (Å²) in [6.07, 6.45) is 0.482. The molecule has 0 fully saturated rings. The van der Waals surface area contributed by atoms with Crippen LogP contribution in [0.4, 0.5) is 11.6 Å². The van der Waals surface area contributed by atoms with Gasteiger partial charge < -0.3 is 16.6 Å². The molecule has 6 heteroatoms. The van der Waals surface area contributed by atoms with Gasteiger partial charge in [0.2, 0.25) is 0 Å². The Morgan fingerprint density at radius 2 is 1.90 bits per heavy atom. The van der Waals surface area contributed by atoms with Crippen LogP contribution in [0.1, 0.15) is 17.5 Å². The predicted octanol–water partition coefficient (Wildman–Crippen LogP) is 1.67. The average molecular weight is 300 g/mol. The summed E-state index contributed by atoms with van der Waals surface area (Å²) in [4.78, 5) is 8.25. The largest absolute Gasteiger partial charge is 0.395 e. The van der Waals surface area contributed by atoms with Crippen molar-refractivity contribution in [1.29, 1.82) is 0 Å². The van der Waals surface area contributed by atoms with Crippen molar-refractivity contribution in [3.8, 4) is 11.8 Å². The monoisotopic (exact) mass is 300 g/mol. The highest BCUT2D eigenvalue weighted by Gasteiger charge is 2.02. The van der Waals surface area contributed by atoms with Gasteiger partial charge in [-0.25, -0.2) is 9.97 Å². The van der Waals surface area contributed by atoms with Gasteiger partial charge in [0.15, 0.2) is 5.16 Å². The molecule has 0 spiro atoms. The van der Waals surface area contributed by atoms with Crippen LogP contribution in [0.25, 0.3) is 0 Å². The zero-order valence-corrected chi connectivity index (χ0v) is 12.2. The topological polar surface area (TPSA) is 98.1 Å². The Bertz CT molecular complexity index is 659. The number of aromatic nitrogens is 2. The van der Waals surface area contributed by atoms with Crippen LogP contribution in [-0.2, 0) is 5.75 Å². The Hall–Kier alpha value is -2.23. The minimum absolute atomic E-state index is 0.0801. The van der Waals surface area contributed by atoms with Crippen molar-refractivity contribution in [2.24, 2.45) is 0 Å². The number of rotatable bonds is 4. The molecule has 0 aliphatic heterocycles. The number of hydrogen-bond acceptors (Lipinski definition) is 6. The Kier molecular flexibility index (Phi) is 5.43. The van der Waals surface area contributed by atoms with E-state index in [1.54, 1.807) is 0 Å². The van der Waals surface area contributed by atoms with Crippen LogP contribution in [0.3, 0.4) is 0 Å². The van der Waals surface area contributed by atoms with Gasteiger partial charge in [-0.05, 0) is 17.7 Å². The van der Waals surface area contributed by atoms with Gasteiger partial charge in [0, 0.05) is 23.8 Å². The first-order chi connectivity index (χ1) is 10.2. The molecule has 1 heterocycles. The highest BCUT2D eigenvalue weighted by atomic mass is 32.2. The summed E-state index contributed by atoms with van der Waals surface area (Å²) in [5.74, 6) is 7.36. The molecule has 0 saturated carbocycles. The van der Waals surface area contributed by atoms with Crippen molar-refractivity contribution in [1.82, 2.24) is 9.97 Å². The van der Waals surface area contributed by atoms with Crippen molar-refractivity contribution in [3.63, 3.8) is 0 Å². The number of nitrogens with two attached hydrogens (primary N) is 2. The fourth-order valence-corrected chi connectivity index (χ4v) is 2.45. The number of benzene rings is 1. The Labute approximate surface area is 127 Å². The molecular formula is C15H16N4OS. The molecule has 5 N–H and O–H groups in total. The van der Waals surface area contributed by atoms with E-state index in [9.17, 15) is 0 Å². The summed E-state index contributed by atoms with van der Waals surface area (Å²) in [6, 6.07) is 9.44. The van der Waals surface area contributed by atoms with Gasteiger partial charge in [-0.2, -0.15) is 0 Å². The van der Waals surface area contributed by atoms with Crippen molar-refractivity contribution < 1.29 is 5.11 Å². The lowest BCUT2D eigenvalue weighted by atomic mass is 10.1. The second-order valence-corrected chi connectivity index (χ2v) is 5.21. The van der Waals surface area contributed by atoms with E-state index in [-0.39, 0.29) is 6.61 Å². The highest BCUT2D eigenvalue weighted by molar-refractivity contribution is 7.98. The van der Waals surface area contributed by atoms with Gasteiger partial charge in [-0.1, -0.05) is 35.7 Å². The van der Waals surface area contributed by atoms with Crippen molar-refractivity contribution >= 4 is 23.4 Å². The van der Waals surface area contributed by atoms with Gasteiger partial charge in [0.05, 0.1) is 6.61 Å². The molecule has 0 unspecified atom stereocenters. The van der Waals surface area contributed by atoms with Crippen LogP contribution < -0.4 is 11.5 Å². The quantitative estimate of drug-likeness (QED) is 0.451. The maximum Gasteiger partial charge on any atom is 0.191 e. The third kappa shape index (κ3) is 4.99. The molecule has 108 valence electrons. The molecule has 0 saturated heterocycles. The molecule has 0 bridgehead atoms. The molecule has 1 aromatic carbocycles. The SMILES string of the molecule is Nc1cc(N)nc(SCc2cccc(C#CCCO)c2)n1. The second kappa shape index (κ2) is 7.53. The second-order valence-electron chi connectivity index (χ2n) is 4.26. The lowest BCUT2D eigenvalue weighted by Gasteiger charge is -2.03. The third-order valence-corrected chi connectivity index (χ3v) is 3.43. The van der Waals surface area contributed by atoms with Crippen LogP contribution in [0.15, 0.2) is 35.5 Å². The van der Waals surface area contributed by atoms with Crippen molar-refractivity contribution in [3.05, 3.63) is 41.5 Å². The Morgan fingerprint density at radius 1 is 1.14 bits per heavy atom. The number of thioether (sulfide) groups is 1. The molecule has 0 aliphatic carbocycles. The molecule has 2 aromatic rings. The first-order valence-electron chi connectivity index (χ1n) is 6.39. The Balaban J connectivity index is 2.03. The molecule has 0 aliphatic rings. The van der Waals surface area contributed by atoms with E-state index in [0.29, 0.717) is 29.0 Å². The van der Waals surface area contributed by atoms with E-state index in [4.69, 9.17) is 16.6 Å². The van der Waals surface area contributed by atoms with Gasteiger partial charge in [0.25, 0.3) is 0 Å². The fourth-order valence-electron chi connectivity index (χ4n) is 1.63. The number of hydrogen-bond donors (Lipinski definition) is 3. The predicted molar refractivity (Wildman–Crippen MR) is 85.4 cm³/mol. The maximum atomic E-state index is 8.71. The summed E-state index contributed by atoms with van der Waals surface area (Å²) in [5.41, 5.74) is 13.3. The summed E-state index contributed by atoms with van der Waals surface area (Å²) in [6.45, 7) is 0.0801. The molecule has 5 nitrogen and oxygen atoms in total. The van der Waals surface area contributed by atoms with E-state index >= 15 is 0 Å². The van der Waals surface area contributed by atoms with Gasteiger partial charge in [0.1, 0.15) is 11.6 Å². The third-order valence-electron chi connectivity index (χ3n) is 2.51. The molecular weight excluding hydrogens is 284 g/mol. The first-order valence-corrected chi connectivity index (χ1v) is 7.37. The summed E-state index contributed by atoms with van der Waals surface area (Å²) < 4.78 is 0. The minimum atomic E-state index is 0.0801. The molecule has 2 rings (SSSR count). The Morgan fingerprint density at radius 3 is 2.62 bits per heavy atom. The average Bonchev–Trinajstić information content (AvgIpc) is 2.45. The van der Waals surface area contributed by atoms with Crippen LogP contribution in [-0.4, -0.2) is 21.7 Å². The molecule has 21 heavy (non-hydrogen) atoms. The van der Waals surface area contributed by atoms with E-state index in [0.717, 1.165) is 11.1 Å². The normalized spacial score (nSPS) is 9.95. The maximum absolute atomic E-state index is 8.71. The zero-order chi connectivity index (χ0) is 15.1. The summed E-state index contributed by atoms with van der Waals surface area (Å²) in [5, 5.41) is 9.27. The van der Waals surface area contributed by atoms with E-state index in [1.165, 1.54) is 17.8 Å². The molecule has 0 atom stereocenters. The lowest BCUT2D eigenvalue weighted by Crippen LogP contribution is -1.99. The summed E-state index contributed by atoms with van der Waals surface area (Å²) >= 11 is 1.47. The van der Waals surface area contributed by atoms with Crippen LogP contribution in [0, 0.1) is 11.8 Å². The standard InChI is InChI=1S/C15H16N4OS/c16-13-9-14(17)19-15(18-13)21-10-12-6-3-5-11(8-12)4-1-2-7-20/h3,5-6,8-9,20H,2,7,10H2,(H4,16,17,18,19). The fraction of sp³-hybridized carbons (Fsp3) is 0.200. The van der Waals surface area contributed by atoms with E-state index in [2.05, 4.69) is 21.8 Å². The van der Waals surface area contributed by atoms with Crippen LogP contribution >= 0.6 is 11.8 Å². The van der Waals surface area contributed by atoms with E-state index in [1.807, 2.05) is 24.3 Å². The van der Waals surface area contributed by atoms with Crippen molar-refractivity contribution in [2.45, 2.75) is 17.3 Å². The molecule has 0 radical (unpaired) electrons. The number of aliphatic hydroxyl groups is 1. The highest BCUT2D eigenvalue weighted by Crippen LogP contribution is 2.21. The lowest BCUT2D eigenvalue weighted by molar-refractivity contribution is 0.305. The number of anilines is 2.